The third kappa shape index (κ3) is 16.6. The monoisotopic (exact) mass is 962 g/mol. The SMILES string of the molecule is C/C=C/C1CCC(/C=C/CCC2CCC(c3ccc(-c4cc(F)c(C)c(F)c4)cc3)CC2)CC1.C=CCCCOC1CCC(/C=C/CCC2CCC(c3ccc(-c4ccc(C#N)c(F)c4)cc3)CC2)CC1. The molecule has 0 bridgehead atoms. The molecule has 4 saturated carbocycles. The molecule has 0 atom stereocenters. The average molecular weight is 962 g/mol. The zero-order valence-corrected chi connectivity index (χ0v) is 43.1. The molecule has 0 saturated heterocycles. The van der Waals surface area contributed by atoms with Crippen LogP contribution in [0.2, 0.25) is 0 Å². The van der Waals surface area contributed by atoms with Crippen molar-refractivity contribution in [3.05, 3.63) is 168 Å². The zero-order chi connectivity index (χ0) is 49.8. The minimum absolute atomic E-state index is 0.0832. The van der Waals surface area contributed by atoms with Gasteiger partial charge in [0.05, 0.1) is 11.7 Å². The highest BCUT2D eigenvalue weighted by molar-refractivity contribution is 5.65. The molecule has 0 spiro atoms. The van der Waals surface area contributed by atoms with Crippen molar-refractivity contribution in [1.82, 2.24) is 0 Å². The molecule has 4 aromatic carbocycles. The molecule has 0 amide bonds. The topological polar surface area (TPSA) is 33.0 Å². The number of allylic oxidation sites excluding steroid dienone is 7. The number of hydrogen-bond donors (Lipinski definition) is 0. The van der Waals surface area contributed by atoms with Crippen molar-refractivity contribution in [2.45, 2.75) is 173 Å². The van der Waals surface area contributed by atoms with E-state index < -0.39 is 17.5 Å². The van der Waals surface area contributed by atoms with E-state index in [0.717, 1.165) is 65.7 Å². The van der Waals surface area contributed by atoms with E-state index in [1.54, 1.807) is 6.07 Å². The fourth-order valence-electron chi connectivity index (χ4n) is 12.0. The number of benzene rings is 4. The Labute approximate surface area is 426 Å². The molecule has 4 aliphatic carbocycles. The van der Waals surface area contributed by atoms with Gasteiger partial charge in [0.2, 0.25) is 0 Å². The summed E-state index contributed by atoms with van der Waals surface area (Å²) in [6, 6.07) is 26.5. The van der Waals surface area contributed by atoms with E-state index in [2.05, 4.69) is 86.4 Å². The van der Waals surface area contributed by atoms with Crippen LogP contribution in [0, 0.1) is 65.3 Å². The number of ether oxygens (including phenoxy) is 1. The zero-order valence-electron chi connectivity index (χ0n) is 43.1. The lowest BCUT2D eigenvalue weighted by molar-refractivity contribution is 0.0214. The lowest BCUT2D eigenvalue weighted by Crippen LogP contribution is -2.21. The summed E-state index contributed by atoms with van der Waals surface area (Å²) in [7, 11) is 0. The van der Waals surface area contributed by atoms with E-state index in [9.17, 15) is 13.2 Å². The van der Waals surface area contributed by atoms with Crippen LogP contribution in [0.5, 0.6) is 0 Å². The van der Waals surface area contributed by atoms with Gasteiger partial charge in [-0.3, -0.25) is 0 Å². The van der Waals surface area contributed by atoms with Crippen molar-refractivity contribution in [2.24, 2.45) is 29.6 Å². The van der Waals surface area contributed by atoms with Crippen molar-refractivity contribution >= 4 is 0 Å². The molecule has 0 heterocycles. The summed E-state index contributed by atoms with van der Waals surface area (Å²) in [5, 5.41) is 8.94. The standard InChI is InChI=1S/C34H42FNO.C32H40F2/c1-2-3-6-23-37-33-21-11-27(12-22-33)8-5-4-7-26-9-13-28(14-10-26)29-15-17-30(18-16-29)31-19-20-32(25-36)34(35)24-31;1-3-6-24-9-11-25(12-10-24)7-4-5-8-26-13-15-27(16-14-26)28-17-19-29(20-18-28)30-21-31(33)23(2)32(34)22-30/h2,5,8,15-20,24,26-28,33H,1,3-4,6-7,9-14,21-23H2;3-4,6-7,17-22,24-27H,5,8-16H2,1-2H3/b8-5+;6-3+,7-4+. The first-order chi connectivity index (χ1) is 34.7. The molecule has 0 radical (unpaired) electrons. The van der Waals surface area contributed by atoms with Crippen molar-refractivity contribution in [3.63, 3.8) is 0 Å². The highest BCUT2D eigenvalue weighted by Gasteiger charge is 2.25. The van der Waals surface area contributed by atoms with E-state index in [0.29, 0.717) is 23.5 Å². The van der Waals surface area contributed by atoms with E-state index in [4.69, 9.17) is 10.00 Å². The van der Waals surface area contributed by atoms with Gasteiger partial charge >= 0.3 is 0 Å². The van der Waals surface area contributed by atoms with E-state index >= 15 is 0 Å². The van der Waals surface area contributed by atoms with Crippen LogP contribution in [0.3, 0.4) is 0 Å². The van der Waals surface area contributed by atoms with Crippen molar-refractivity contribution in [3.8, 4) is 28.3 Å². The molecular weight excluding hydrogens is 880 g/mol. The highest BCUT2D eigenvalue weighted by Crippen LogP contribution is 2.40. The maximum Gasteiger partial charge on any atom is 0.141 e. The maximum absolute atomic E-state index is 14.0. The smallest absolute Gasteiger partial charge is 0.141 e. The molecule has 0 aromatic heterocycles. The van der Waals surface area contributed by atoms with Gasteiger partial charge < -0.3 is 4.74 Å². The van der Waals surface area contributed by atoms with E-state index in [1.165, 1.54) is 165 Å². The first-order valence-corrected chi connectivity index (χ1v) is 27.7. The van der Waals surface area contributed by atoms with E-state index in [1.807, 2.05) is 30.3 Å². The Morgan fingerprint density at radius 3 is 1.46 bits per heavy atom. The predicted octanol–water partition coefficient (Wildman–Crippen LogP) is 19.4. The largest absolute Gasteiger partial charge is 0.378 e. The number of nitriles is 1. The highest BCUT2D eigenvalue weighted by atomic mass is 19.1. The summed E-state index contributed by atoms with van der Waals surface area (Å²) in [5.74, 6) is 3.88. The van der Waals surface area contributed by atoms with Crippen molar-refractivity contribution in [2.75, 3.05) is 6.61 Å². The number of halogens is 3. The van der Waals surface area contributed by atoms with Crippen molar-refractivity contribution < 1.29 is 17.9 Å². The molecule has 0 unspecified atom stereocenters. The number of unbranched alkanes of at least 4 members (excludes halogenated alkanes) is 1. The average Bonchev–Trinajstić information content (AvgIpc) is 3.41. The second-order valence-corrected chi connectivity index (χ2v) is 21.6. The molecule has 2 nitrogen and oxygen atoms in total. The Balaban J connectivity index is 0.000000209. The van der Waals surface area contributed by atoms with Crippen LogP contribution in [0.4, 0.5) is 13.2 Å². The number of hydrogen-bond acceptors (Lipinski definition) is 2. The summed E-state index contributed by atoms with van der Waals surface area (Å²) < 4.78 is 47.9. The molecule has 8 rings (SSSR count). The van der Waals surface area contributed by atoms with Gasteiger partial charge in [-0.2, -0.15) is 5.26 Å². The van der Waals surface area contributed by atoms with Gasteiger partial charge in [-0.15, -0.1) is 6.58 Å². The van der Waals surface area contributed by atoms with Gasteiger partial charge in [0, 0.05) is 12.2 Å². The van der Waals surface area contributed by atoms with Crippen LogP contribution in [0.25, 0.3) is 22.3 Å². The summed E-state index contributed by atoms with van der Waals surface area (Å²) in [5.41, 5.74) is 6.24. The van der Waals surface area contributed by atoms with Crippen LogP contribution in [0.1, 0.15) is 182 Å². The fraction of sp³-hybridized carbons (Fsp3) is 0.500. The first kappa shape index (κ1) is 53.9. The molecule has 4 aromatic rings. The van der Waals surface area contributed by atoms with Crippen LogP contribution >= 0.6 is 0 Å². The summed E-state index contributed by atoms with van der Waals surface area (Å²) >= 11 is 0. The Kier molecular flexibility index (Phi) is 21.5. The Bertz CT molecular complexity index is 2330. The molecule has 4 aliphatic rings. The second kappa shape index (κ2) is 28.4. The van der Waals surface area contributed by atoms with Crippen LogP contribution in [-0.2, 0) is 4.74 Å². The quantitative estimate of drug-likeness (QED) is 0.0735. The second-order valence-electron chi connectivity index (χ2n) is 21.6. The number of nitrogens with zero attached hydrogens (tertiary/aromatic N) is 1. The number of rotatable bonds is 18. The maximum atomic E-state index is 14.0. The Morgan fingerprint density at radius 2 is 1.00 bits per heavy atom. The molecular formula is C66H82F3NO. The minimum atomic E-state index is -0.482. The molecule has 71 heavy (non-hydrogen) atoms. The third-order valence-corrected chi connectivity index (χ3v) is 16.7. The predicted molar refractivity (Wildman–Crippen MR) is 291 cm³/mol. The normalized spacial score (nSPS) is 25.0. The van der Waals surface area contributed by atoms with Crippen LogP contribution < -0.4 is 0 Å². The molecule has 0 aliphatic heterocycles. The molecule has 4 fully saturated rings. The van der Waals surface area contributed by atoms with Crippen molar-refractivity contribution in [1.29, 1.82) is 5.26 Å². The van der Waals surface area contributed by atoms with Crippen LogP contribution in [-0.4, -0.2) is 12.7 Å². The van der Waals surface area contributed by atoms with Gasteiger partial charge in [-0.25, -0.2) is 13.2 Å². The first-order valence-electron chi connectivity index (χ1n) is 27.7. The van der Waals surface area contributed by atoms with Gasteiger partial charge in [-0.05, 0) is 254 Å². The minimum Gasteiger partial charge on any atom is -0.378 e. The summed E-state index contributed by atoms with van der Waals surface area (Å²) in [6.45, 7) is 8.26. The lowest BCUT2D eigenvalue weighted by Gasteiger charge is -2.29. The Morgan fingerprint density at radius 1 is 0.549 bits per heavy atom. The van der Waals surface area contributed by atoms with Gasteiger partial charge in [0.25, 0.3) is 0 Å². The summed E-state index contributed by atoms with van der Waals surface area (Å²) in [4.78, 5) is 0. The third-order valence-electron chi connectivity index (χ3n) is 16.7. The van der Waals surface area contributed by atoms with Gasteiger partial charge in [0.1, 0.15) is 23.5 Å². The van der Waals surface area contributed by atoms with Gasteiger partial charge in [-0.1, -0.05) is 97.1 Å². The molecule has 378 valence electrons. The summed E-state index contributed by atoms with van der Waals surface area (Å²) in [6.07, 6.45) is 44.8. The van der Waals surface area contributed by atoms with Gasteiger partial charge in [0.15, 0.2) is 0 Å². The van der Waals surface area contributed by atoms with E-state index in [-0.39, 0.29) is 11.1 Å². The van der Waals surface area contributed by atoms with Crippen LogP contribution in [0.15, 0.2) is 128 Å². The molecule has 0 N–H and O–H groups in total. The lowest BCUT2D eigenvalue weighted by atomic mass is 9.77. The molecule has 5 heteroatoms. The Hall–Kier alpha value is -4.92. The fourth-order valence-corrected chi connectivity index (χ4v) is 12.0.